The Balaban J connectivity index is 1.92. The van der Waals surface area contributed by atoms with E-state index in [1.54, 1.807) is 0 Å². The molecule has 92 valence electrons. The molecule has 1 fully saturated rings. The highest BCUT2D eigenvalue weighted by molar-refractivity contribution is 7.99. The monoisotopic (exact) mass is 252 g/mol. The predicted molar refractivity (Wildman–Crippen MR) is 66.5 cm³/mol. The van der Waals surface area contributed by atoms with Gasteiger partial charge in [0.25, 0.3) is 0 Å². The van der Waals surface area contributed by atoms with Gasteiger partial charge in [0.15, 0.2) is 0 Å². The lowest BCUT2D eigenvalue weighted by Crippen LogP contribution is -2.22. The second-order valence-electron chi connectivity index (χ2n) is 4.81. The molecule has 17 heavy (non-hydrogen) atoms. The van der Waals surface area contributed by atoms with Crippen molar-refractivity contribution in [3.63, 3.8) is 0 Å². The maximum absolute atomic E-state index is 11.2. The van der Waals surface area contributed by atoms with Crippen LogP contribution in [0.1, 0.15) is 42.6 Å². The third kappa shape index (κ3) is 1.97. The molecule has 1 aromatic heterocycles. The molecule has 0 aliphatic carbocycles. The third-order valence-electron chi connectivity index (χ3n) is 3.68. The van der Waals surface area contributed by atoms with Crippen molar-refractivity contribution in [3.05, 3.63) is 17.7 Å². The van der Waals surface area contributed by atoms with Crippen LogP contribution in [0.3, 0.4) is 0 Å². The van der Waals surface area contributed by atoms with E-state index in [1.165, 1.54) is 12.2 Å². The van der Waals surface area contributed by atoms with Gasteiger partial charge in [0, 0.05) is 24.4 Å². The number of imidazole rings is 1. The van der Waals surface area contributed by atoms with Gasteiger partial charge in [-0.3, -0.25) is 4.79 Å². The van der Waals surface area contributed by atoms with Crippen LogP contribution >= 0.6 is 11.8 Å². The first-order valence-corrected chi connectivity index (χ1v) is 7.28. The normalized spacial score (nSPS) is 28.0. The van der Waals surface area contributed by atoms with E-state index >= 15 is 0 Å². The van der Waals surface area contributed by atoms with Crippen LogP contribution in [0.4, 0.5) is 0 Å². The zero-order chi connectivity index (χ0) is 11.8. The SMILES string of the molecule is O=C(O)C1CCCn2cc(C3CCSC3)nc21. The number of aryl methyl sites for hydroxylation is 1. The lowest BCUT2D eigenvalue weighted by atomic mass is 9.99. The molecule has 3 heterocycles. The summed E-state index contributed by atoms with van der Waals surface area (Å²) >= 11 is 1.96. The number of thioether (sulfide) groups is 1. The van der Waals surface area contributed by atoms with Crippen molar-refractivity contribution < 1.29 is 9.90 Å². The minimum absolute atomic E-state index is 0.397. The molecule has 0 amide bonds. The average molecular weight is 252 g/mol. The van der Waals surface area contributed by atoms with Crippen molar-refractivity contribution >= 4 is 17.7 Å². The number of carboxylic acids is 1. The molecule has 2 aliphatic rings. The number of nitrogens with zero attached hydrogens (tertiary/aromatic N) is 2. The Morgan fingerprint density at radius 1 is 1.53 bits per heavy atom. The molecule has 0 radical (unpaired) electrons. The summed E-state index contributed by atoms with van der Waals surface area (Å²) in [4.78, 5) is 15.8. The fraction of sp³-hybridized carbons (Fsp3) is 0.667. The van der Waals surface area contributed by atoms with E-state index in [0.717, 1.165) is 36.7 Å². The molecule has 5 heteroatoms. The number of carboxylic acid groups (broad SMARTS) is 1. The van der Waals surface area contributed by atoms with E-state index in [2.05, 4.69) is 15.7 Å². The van der Waals surface area contributed by atoms with Crippen LogP contribution in [-0.4, -0.2) is 32.1 Å². The van der Waals surface area contributed by atoms with Crippen LogP contribution in [0.5, 0.6) is 0 Å². The maximum Gasteiger partial charge on any atom is 0.314 e. The maximum atomic E-state index is 11.2. The fourth-order valence-corrected chi connectivity index (χ4v) is 3.94. The molecule has 1 aromatic rings. The Morgan fingerprint density at radius 3 is 3.12 bits per heavy atom. The lowest BCUT2D eigenvalue weighted by Gasteiger charge is -2.19. The lowest BCUT2D eigenvalue weighted by molar-refractivity contribution is -0.139. The van der Waals surface area contributed by atoms with Crippen molar-refractivity contribution in [2.75, 3.05) is 11.5 Å². The molecule has 1 N–H and O–H groups in total. The molecule has 2 atom stereocenters. The van der Waals surface area contributed by atoms with Crippen LogP contribution in [0.2, 0.25) is 0 Å². The fourth-order valence-electron chi connectivity index (χ4n) is 2.70. The van der Waals surface area contributed by atoms with Crippen molar-refractivity contribution in [3.8, 4) is 0 Å². The topological polar surface area (TPSA) is 55.1 Å². The summed E-state index contributed by atoms with van der Waals surface area (Å²) in [6.07, 6.45) is 4.93. The van der Waals surface area contributed by atoms with Gasteiger partial charge < -0.3 is 9.67 Å². The van der Waals surface area contributed by atoms with Crippen LogP contribution in [0.15, 0.2) is 6.20 Å². The van der Waals surface area contributed by atoms with E-state index in [4.69, 9.17) is 0 Å². The van der Waals surface area contributed by atoms with Crippen LogP contribution in [0, 0.1) is 0 Å². The number of fused-ring (bicyclic) bond motifs is 1. The van der Waals surface area contributed by atoms with Crippen LogP contribution in [-0.2, 0) is 11.3 Å². The van der Waals surface area contributed by atoms with Gasteiger partial charge in [-0.25, -0.2) is 4.98 Å². The van der Waals surface area contributed by atoms with E-state index < -0.39 is 11.9 Å². The standard InChI is InChI=1S/C12H16N2O2S/c15-12(16)9-2-1-4-14-6-10(13-11(9)14)8-3-5-17-7-8/h6,8-9H,1-5,7H2,(H,15,16). The van der Waals surface area contributed by atoms with Crippen molar-refractivity contribution in [1.82, 2.24) is 9.55 Å². The molecule has 4 nitrogen and oxygen atoms in total. The highest BCUT2D eigenvalue weighted by Gasteiger charge is 2.30. The molecule has 3 rings (SSSR count). The van der Waals surface area contributed by atoms with Crippen LogP contribution < -0.4 is 0 Å². The first-order valence-electron chi connectivity index (χ1n) is 6.13. The molecule has 0 aromatic carbocycles. The zero-order valence-corrected chi connectivity index (χ0v) is 10.4. The summed E-state index contributed by atoms with van der Waals surface area (Å²) in [5, 5.41) is 9.20. The number of hydrogen-bond acceptors (Lipinski definition) is 3. The summed E-state index contributed by atoms with van der Waals surface area (Å²) in [6, 6.07) is 0. The highest BCUT2D eigenvalue weighted by Crippen LogP contribution is 2.34. The first-order chi connectivity index (χ1) is 8.25. The van der Waals surface area contributed by atoms with Crippen molar-refractivity contribution in [2.24, 2.45) is 0 Å². The first kappa shape index (κ1) is 11.1. The number of aromatic nitrogens is 2. The summed E-state index contributed by atoms with van der Waals surface area (Å²) in [5.41, 5.74) is 1.11. The molecule has 0 spiro atoms. The van der Waals surface area contributed by atoms with Gasteiger partial charge in [-0.1, -0.05) is 0 Å². The predicted octanol–water partition coefficient (Wildman–Crippen LogP) is 2.07. The Labute approximate surface area is 104 Å². The molecule has 2 aliphatic heterocycles. The zero-order valence-electron chi connectivity index (χ0n) is 9.63. The number of hydrogen-bond donors (Lipinski definition) is 1. The minimum Gasteiger partial charge on any atom is -0.481 e. The van der Waals surface area contributed by atoms with E-state index in [-0.39, 0.29) is 0 Å². The Morgan fingerprint density at radius 2 is 2.41 bits per heavy atom. The van der Waals surface area contributed by atoms with Gasteiger partial charge in [-0.05, 0) is 25.0 Å². The smallest absolute Gasteiger partial charge is 0.314 e. The molecular weight excluding hydrogens is 236 g/mol. The van der Waals surface area contributed by atoms with E-state index in [0.29, 0.717) is 5.92 Å². The number of aliphatic carboxylic acids is 1. The van der Waals surface area contributed by atoms with Gasteiger partial charge in [0.05, 0.1) is 5.69 Å². The van der Waals surface area contributed by atoms with Gasteiger partial charge >= 0.3 is 5.97 Å². The largest absolute Gasteiger partial charge is 0.481 e. The quantitative estimate of drug-likeness (QED) is 0.875. The summed E-state index contributed by atoms with van der Waals surface area (Å²) in [7, 11) is 0. The summed E-state index contributed by atoms with van der Waals surface area (Å²) in [6.45, 7) is 0.923. The summed E-state index contributed by atoms with van der Waals surface area (Å²) < 4.78 is 2.06. The molecule has 2 unspecified atom stereocenters. The summed E-state index contributed by atoms with van der Waals surface area (Å²) in [5.74, 6) is 2.52. The van der Waals surface area contributed by atoms with Gasteiger partial charge in [0.2, 0.25) is 0 Å². The molecule has 1 saturated heterocycles. The Hall–Kier alpha value is -0.970. The highest BCUT2D eigenvalue weighted by atomic mass is 32.2. The molecule has 0 saturated carbocycles. The number of rotatable bonds is 2. The Kier molecular flexibility index (Phi) is 2.86. The third-order valence-corrected chi connectivity index (χ3v) is 4.84. The van der Waals surface area contributed by atoms with Gasteiger partial charge in [0.1, 0.15) is 11.7 Å². The molecule has 0 bridgehead atoms. The number of carbonyl (C=O) groups is 1. The van der Waals surface area contributed by atoms with Crippen LogP contribution in [0.25, 0.3) is 0 Å². The van der Waals surface area contributed by atoms with Crippen molar-refractivity contribution in [2.45, 2.75) is 37.6 Å². The van der Waals surface area contributed by atoms with E-state index in [9.17, 15) is 9.90 Å². The van der Waals surface area contributed by atoms with Gasteiger partial charge in [-0.2, -0.15) is 11.8 Å². The minimum atomic E-state index is -0.733. The molecular formula is C12H16N2O2S. The van der Waals surface area contributed by atoms with Crippen molar-refractivity contribution in [1.29, 1.82) is 0 Å². The van der Waals surface area contributed by atoms with Gasteiger partial charge in [-0.15, -0.1) is 0 Å². The second kappa shape index (κ2) is 4.37. The second-order valence-corrected chi connectivity index (χ2v) is 5.96. The Bertz CT molecular complexity index is 438. The average Bonchev–Trinajstić information content (AvgIpc) is 2.96. The van der Waals surface area contributed by atoms with E-state index in [1.807, 2.05) is 11.8 Å².